The van der Waals surface area contributed by atoms with Crippen LogP contribution in [0.15, 0.2) is 29.8 Å². The molecule has 0 amide bonds. The Labute approximate surface area is 100 Å². The topological polar surface area (TPSA) is 65.8 Å². The molecule has 1 aliphatic heterocycles. The summed E-state index contributed by atoms with van der Waals surface area (Å²) in [6.45, 7) is 3.93. The van der Waals surface area contributed by atoms with Crippen LogP contribution in [-0.4, -0.2) is 26.7 Å². The molecule has 1 aliphatic rings. The first-order valence-electron chi connectivity index (χ1n) is 5.77. The van der Waals surface area contributed by atoms with Gasteiger partial charge >= 0.3 is 0 Å². The van der Waals surface area contributed by atoms with Gasteiger partial charge < -0.3 is 5.11 Å². The van der Waals surface area contributed by atoms with Gasteiger partial charge in [0.2, 0.25) is 0 Å². The lowest BCUT2D eigenvalue weighted by molar-refractivity contribution is 0.0338. The molecule has 0 aromatic carbocycles. The summed E-state index contributed by atoms with van der Waals surface area (Å²) in [5.74, 6) is 0. The van der Waals surface area contributed by atoms with E-state index in [1.54, 1.807) is 24.5 Å². The summed E-state index contributed by atoms with van der Waals surface area (Å²) < 4.78 is 0. The maximum Gasteiger partial charge on any atom is 0.101 e. The third-order valence-electron chi connectivity index (χ3n) is 3.49. The monoisotopic (exact) mass is 235 g/mol. The molecule has 2 heterocycles. The van der Waals surface area contributed by atoms with Crippen LogP contribution in [-0.2, 0) is 0 Å². The van der Waals surface area contributed by atoms with Crippen LogP contribution in [0.5, 0.6) is 0 Å². The van der Waals surface area contributed by atoms with Gasteiger partial charge in [-0.1, -0.05) is 0 Å². The second-order valence-electron chi connectivity index (χ2n) is 5.07. The van der Waals surface area contributed by atoms with Gasteiger partial charge in [-0.15, -0.1) is 4.91 Å². The molecule has 1 saturated heterocycles. The second kappa shape index (κ2) is 4.41. The fourth-order valence-corrected chi connectivity index (χ4v) is 2.43. The van der Waals surface area contributed by atoms with Gasteiger partial charge in [0, 0.05) is 12.4 Å². The zero-order valence-corrected chi connectivity index (χ0v) is 10.1. The summed E-state index contributed by atoms with van der Waals surface area (Å²) in [5.41, 5.74) is 0.497. The predicted octanol–water partition coefficient (Wildman–Crippen LogP) is 2.04. The molecule has 1 aromatic heterocycles. The Hall–Kier alpha value is -1.49. The highest BCUT2D eigenvalue weighted by Crippen LogP contribution is 2.39. The Bertz CT molecular complexity index is 394. The van der Waals surface area contributed by atoms with Crippen molar-refractivity contribution in [2.75, 3.05) is 0 Å². The standard InChI is InChI=1S/C12H17N3O2/c1-12(2)6-3-10(15(12)14-17)11(16)9-4-7-13-8-5-9/h4-5,7-8,10-11,16H,3,6H2,1-2H3. The third-order valence-corrected chi connectivity index (χ3v) is 3.49. The molecule has 5 nitrogen and oxygen atoms in total. The van der Waals surface area contributed by atoms with Gasteiger partial charge in [-0.25, -0.2) is 5.01 Å². The first kappa shape index (κ1) is 12.0. The van der Waals surface area contributed by atoms with Crippen molar-refractivity contribution in [1.29, 1.82) is 0 Å². The van der Waals surface area contributed by atoms with Crippen LogP contribution in [0.3, 0.4) is 0 Å². The van der Waals surface area contributed by atoms with Gasteiger partial charge in [0.05, 0.1) is 16.9 Å². The number of rotatable bonds is 3. The lowest BCUT2D eigenvalue weighted by Crippen LogP contribution is -2.41. The highest BCUT2D eigenvalue weighted by atomic mass is 16.3. The molecule has 1 aromatic rings. The minimum Gasteiger partial charge on any atom is -0.386 e. The number of aliphatic hydroxyl groups is 1. The number of aromatic nitrogens is 1. The number of pyridine rings is 1. The van der Waals surface area contributed by atoms with Crippen molar-refractivity contribution in [3.63, 3.8) is 0 Å². The van der Waals surface area contributed by atoms with E-state index >= 15 is 0 Å². The van der Waals surface area contributed by atoms with Crippen molar-refractivity contribution in [3.8, 4) is 0 Å². The van der Waals surface area contributed by atoms with Gasteiger partial charge in [-0.2, -0.15) is 0 Å². The molecule has 0 bridgehead atoms. The normalized spacial score (nSPS) is 24.6. The van der Waals surface area contributed by atoms with Crippen LogP contribution in [0.2, 0.25) is 0 Å². The average Bonchev–Trinajstić information content (AvgIpc) is 2.64. The lowest BCUT2D eigenvalue weighted by Gasteiger charge is -2.32. The highest BCUT2D eigenvalue weighted by molar-refractivity contribution is 5.16. The number of hydrogen-bond acceptors (Lipinski definition) is 4. The third kappa shape index (κ3) is 2.15. The maximum absolute atomic E-state index is 10.9. The summed E-state index contributed by atoms with van der Waals surface area (Å²) in [5, 5.41) is 14.8. The Morgan fingerprint density at radius 2 is 2.18 bits per heavy atom. The van der Waals surface area contributed by atoms with E-state index in [0.29, 0.717) is 0 Å². The maximum atomic E-state index is 10.9. The van der Waals surface area contributed by atoms with E-state index in [-0.39, 0.29) is 11.6 Å². The lowest BCUT2D eigenvalue weighted by atomic mass is 10.0. The summed E-state index contributed by atoms with van der Waals surface area (Å²) in [4.78, 5) is 14.8. The highest BCUT2D eigenvalue weighted by Gasteiger charge is 2.43. The fourth-order valence-electron chi connectivity index (χ4n) is 2.43. The Morgan fingerprint density at radius 3 is 2.76 bits per heavy atom. The van der Waals surface area contributed by atoms with Crippen LogP contribution in [0.1, 0.15) is 38.4 Å². The molecule has 0 saturated carbocycles. The van der Waals surface area contributed by atoms with Gasteiger partial charge in [0.1, 0.15) is 6.10 Å². The first-order chi connectivity index (χ1) is 8.06. The molecule has 0 aliphatic carbocycles. The smallest absolute Gasteiger partial charge is 0.101 e. The molecule has 0 radical (unpaired) electrons. The number of nitrogens with zero attached hydrogens (tertiary/aromatic N) is 3. The van der Waals surface area contributed by atoms with Crippen molar-refractivity contribution in [1.82, 2.24) is 9.99 Å². The van der Waals surface area contributed by atoms with E-state index in [2.05, 4.69) is 10.3 Å². The second-order valence-corrected chi connectivity index (χ2v) is 5.07. The summed E-state index contributed by atoms with van der Waals surface area (Å²) in [7, 11) is 0. The fraction of sp³-hybridized carbons (Fsp3) is 0.583. The van der Waals surface area contributed by atoms with Crippen LogP contribution >= 0.6 is 0 Å². The Morgan fingerprint density at radius 1 is 1.53 bits per heavy atom. The zero-order valence-electron chi connectivity index (χ0n) is 10.1. The molecule has 0 spiro atoms. The quantitative estimate of drug-likeness (QED) is 0.814. The molecule has 2 rings (SSSR count). The molecular weight excluding hydrogens is 218 g/mol. The molecule has 1 N–H and O–H groups in total. The van der Waals surface area contributed by atoms with Gasteiger partial charge in [-0.05, 0) is 44.4 Å². The average molecular weight is 235 g/mol. The van der Waals surface area contributed by atoms with E-state index < -0.39 is 6.10 Å². The first-order valence-corrected chi connectivity index (χ1v) is 5.77. The van der Waals surface area contributed by atoms with Crippen LogP contribution < -0.4 is 0 Å². The van der Waals surface area contributed by atoms with Gasteiger partial charge in [0.15, 0.2) is 0 Å². The largest absolute Gasteiger partial charge is 0.386 e. The molecule has 17 heavy (non-hydrogen) atoms. The van der Waals surface area contributed by atoms with Crippen LogP contribution in [0.4, 0.5) is 0 Å². The molecule has 1 fully saturated rings. The summed E-state index contributed by atoms with van der Waals surface area (Å²) >= 11 is 0. The van der Waals surface area contributed by atoms with Gasteiger partial charge in [-0.3, -0.25) is 4.98 Å². The van der Waals surface area contributed by atoms with Crippen molar-refractivity contribution in [2.24, 2.45) is 5.29 Å². The Kier molecular flexibility index (Phi) is 3.11. The molecule has 92 valence electrons. The van der Waals surface area contributed by atoms with Gasteiger partial charge in [0.25, 0.3) is 0 Å². The van der Waals surface area contributed by atoms with Crippen molar-refractivity contribution >= 4 is 0 Å². The van der Waals surface area contributed by atoms with Crippen molar-refractivity contribution in [2.45, 2.75) is 44.4 Å². The summed E-state index contributed by atoms with van der Waals surface area (Å²) in [6, 6.07) is 3.28. The van der Waals surface area contributed by atoms with Crippen LogP contribution in [0.25, 0.3) is 0 Å². The molecular formula is C12H17N3O2. The van der Waals surface area contributed by atoms with E-state index in [9.17, 15) is 10.0 Å². The molecule has 2 atom stereocenters. The minimum atomic E-state index is -0.697. The van der Waals surface area contributed by atoms with E-state index in [0.717, 1.165) is 18.4 Å². The SMILES string of the molecule is CC1(C)CCC(C(O)c2ccncc2)N1N=O. The predicted molar refractivity (Wildman–Crippen MR) is 63.9 cm³/mol. The van der Waals surface area contributed by atoms with E-state index in [4.69, 9.17) is 0 Å². The van der Waals surface area contributed by atoms with Crippen LogP contribution in [0, 0.1) is 4.91 Å². The van der Waals surface area contributed by atoms with E-state index in [1.165, 1.54) is 5.01 Å². The molecule has 2 unspecified atom stereocenters. The molecule has 5 heteroatoms. The van der Waals surface area contributed by atoms with Crippen molar-refractivity contribution in [3.05, 3.63) is 35.0 Å². The Balaban J connectivity index is 2.21. The van der Waals surface area contributed by atoms with Crippen molar-refractivity contribution < 1.29 is 5.11 Å². The van der Waals surface area contributed by atoms with E-state index in [1.807, 2.05) is 13.8 Å². The zero-order chi connectivity index (χ0) is 12.5. The number of aliphatic hydroxyl groups excluding tert-OH is 1. The number of hydrogen-bond donors (Lipinski definition) is 1. The summed E-state index contributed by atoms with van der Waals surface area (Å²) in [6.07, 6.45) is 4.19. The number of nitroso groups, excluding NO2 is 1. The minimum absolute atomic E-state index is 0.245.